The van der Waals surface area contributed by atoms with Gasteiger partial charge >= 0.3 is 5.97 Å². The Labute approximate surface area is 205 Å². The summed E-state index contributed by atoms with van der Waals surface area (Å²) in [5, 5.41) is 12.1. The van der Waals surface area contributed by atoms with Crippen molar-refractivity contribution in [2.45, 2.75) is 51.0 Å². The van der Waals surface area contributed by atoms with E-state index < -0.39 is 41.3 Å². The molecule has 2 fully saturated rings. The minimum Gasteiger partial charge on any atom is -0.449 e. The normalized spacial score (nSPS) is 27.2. The summed E-state index contributed by atoms with van der Waals surface area (Å²) < 4.78 is 7.15. The van der Waals surface area contributed by atoms with E-state index in [2.05, 4.69) is 4.98 Å². The van der Waals surface area contributed by atoms with Crippen LogP contribution in [0.1, 0.15) is 49.4 Å². The molecule has 0 saturated carbocycles. The number of hydrogen-bond donors (Lipinski definition) is 1. The van der Waals surface area contributed by atoms with Crippen LogP contribution in [0.4, 0.5) is 5.69 Å². The van der Waals surface area contributed by atoms with Gasteiger partial charge in [-0.05, 0) is 25.1 Å². The highest BCUT2D eigenvalue weighted by Crippen LogP contribution is 2.56. The highest BCUT2D eigenvalue weighted by atomic mass is 16.6. The highest BCUT2D eigenvalue weighted by Gasteiger charge is 2.67. The fourth-order valence-electron chi connectivity index (χ4n) is 5.66. The van der Waals surface area contributed by atoms with Crippen LogP contribution < -0.4 is 10.5 Å². The standard InChI is InChI=1S/C26H24N4O6/c1-13(2)20(31)21-27-17-10-6-4-8-15(17)23(33)28(21)19-12-26(36-24(19)34)16-9-5-7-11-18(16)29-22(32)14(3)30(35)25(26)29/h4-11,13-14,19,25,35H,12H2,1-3H3/t14-,19+,25+,26-/m0/s1. The molecule has 1 spiro atoms. The lowest BCUT2D eigenvalue weighted by Gasteiger charge is -2.33. The van der Waals surface area contributed by atoms with E-state index in [1.807, 2.05) is 0 Å². The molecule has 0 radical (unpaired) electrons. The number of carbonyl (C=O) groups excluding carboxylic acids is 3. The van der Waals surface area contributed by atoms with E-state index in [4.69, 9.17) is 4.74 Å². The van der Waals surface area contributed by atoms with E-state index in [1.54, 1.807) is 69.3 Å². The quantitative estimate of drug-likeness (QED) is 0.441. The fourth-order valence-corrected chi connectivity index (χ4v) is 5.66. The number of aromatic nitrogens is 2. The van der Waals surface area contributed by atoms with Gasteiger partial charge in [0.25, 0.3) is 5.56 Å². The number of fused-ring (bicyclic) bond motifs is 6. The average Bonchev–Trinajstić information content (AvgIpc) is 3.43. The molecule has 36 heavy (non-hydrogen) atoms. The molecule has 6 rings (SSSR count). The Morgan fingerprint density at radius 2 is 1.81 bits per heavy atom. The summed E-state index contributed by atoms with van der Waals surface area (Å²) in [6.45, 7) is 4.97. The number of amides is 1. The lowest BCUT2D eigenvalue weighted by Crippen LogP contribution is -2.50. The molecule has 0 aliphatic carbocycles. The molecule has 2 aromatic carbocycles. The van der Waals surface area contributed by atoms with Gasteiger partial charge in [0, 0.05) is 17.9 Å². The number of hydroxylamine groups is 2. The molecule has 1 N–H and O–H groups in total. The highest BCUT2D eigenvalue weighted by molar-refractivity contribution is 6.03. The fraction of sp³-hybridized carbons (Fsp3) is 0.346. The van der Waals surface area contributed by atoms with Crippen molar-refractivity contribution in [2.24, 2.45) is 5.92 Å². The van der Waals surface area contributed by atoms with Crippen LogP contribution in [-0.4, -0.2) is 49.7 Å². The Morgan fingerprint density at radius 3 is 2.56 bits per heavy atom. The van der Waals surface area contributed by atoms with Gasteiger partial charge in [-0.25, -0.2) is 9.78 Å². The number of para-hydroxylation sites is 2. The van der Waals surface area contributed by atoms with Crippen molar-refractivity contribution in [1.29, 1.82) is 0 Å². The first-order valence-corrected chi connectivity index (χ1v) is 11.9. The zero-order chi connectivity index (χ0) is 25.5. The lowest BCUT2D eigenvalue weighted by atomic mass is 9.88. The van der Waals surface area contributed by atoms with Gasteiger partial charge in [0.2, 0.25) is 11.7 Å². The van der Waals surface area contributed by atoms with Crippen molar-refractivity contribution in [3.8, 4) is 0 Å². The Morgan fingerprint density at radius 1 is 1.11 bits per heavy atom. The SMILES string of the molecule is CC(C)C(=O)c1nc2ccccc2c(=O)n1[C@@H]1C[C@]2(OC1=O)c1ccccc1N1C(=O)[C@H](C)N(O)[C@@H]12. The molecule has 3 aromatic rings. The Hall–Kier alpha value is -3.89. The van der Waals surface area contributed by atoms with Gasteiger partial charge in [0.05, 0.1) is 16.6 Å². The maximum absolute atomic E-state index is 13.7. The molecule has 0 bridgehead atoms. The van der Waals surface area contributed by atoms with E-state index in [0.29, 0.717) is 16.8 Å². The van der Waals surface area contributed by atoms with Crippen LogP contribution in [0, 0.1) is 5.92 Å². The number of hydrogen-bond acceptors (Lipinski definition) is 8. The van der Waals surface area contributed by atoms with E-state index in [1.165, 1.54) is 4.90 Å². The third kappa shape index (κ3) is 2.76. The summed E-state index contributed by atoms with van der Waals surface area (Å²) in [5.74, 6) is -2.03. The number of ketones is 1. The smallest absolute Gasteiger partial charge is 0.330 e. The minimum absolute atomic E-state index is 0.0701. The number of rotatable bonds is 3. The number of anilines is 1. The first kappa shape index (κ1) is 22.6. The molecule has 3 aliphatic rings. The number of benzene rings is 2. The van der Waals surface area contributed by atoms with E-state index >= 15 is 0 Å². The second kappa shape index (κ2) is 7.55. The summed E-state index contributed by atoms with van der Waals surface area (Å²) in [6, 6.07) is 11.6. The van der Waals surface area contributed by atoms with E-state index in [-0.39, 0.29) is 29.3 Å². The van der Waals surface area contributed by atoms with Crippen molar-refractivity contribution in [1.82, 2.24) is 14.6 Å². The molecule has 10 nitrogen and oxygen atoms in total. The molecule has 2 saturated heterocycles. The summed E-state index contributed by atoms with van der Waals surface area (Å²) in [6.07, 6.45) is -1.07. The monoisotopic (exact) mass is 488 g/mol. The second-order valence-electron chi connectivity index (χ2n) is 9.83. The van der Waals surface area contributed by atoms with Crippen LogP contribution >= 0.6 is 0 Å². The Bertz CT molecular complexity index is 1530. The molecule has 184 valence electrons. The van der Waals surface area contributed by atoms with Crippen molar-refractivity contribution < 1.29 is 24.3 Å². The van der Waals surface area contributed by atoms with Crippen molar-refractivity contribution in [3.05, 3.63) is 70.3 Å². The number of nitrogens with zero attached hydrogens (tertiary/aromatic N) is 4. The van der Waals surface area contributed by atoms with Gasteiger partial charge in [-0.3, -0.25) is 23.9 Å². The molecular formula is C26H24N4O6. The van der Waals surface area contributed by atoms with Gasteiger partial charge < -0.3 is 9.94 Å². The minimum atomic E-state index is -1.43. The first-order valence-electron chi connectivity index (χ1n) is 11.9. The van der Waals surface area contributed by atoms with Crippen molar-refractivity contribution in [2.75, 3.05) is 4.90 Å². The van der Waals surface area contributed by atoms with Gasteiger partial charge in [0.15, 0.2) is 17.6 Å². The number of carbonyl (C=O) groups is 3. The molecule has 1 aromatic heterocycles. The zero-order valence-electron chi connectivity index (χ0n) is 19.9. The van der Waals surface area contributed by atoms with Crippen LogP contribution in [0.3, 0.4) is 0 Å². The predicted molar refractivity (Wildman–Crippen MR) is 127 cm³/mol. The Kier molecular flexibility index (Phi) is 4.73. The van der Waals surface area contributed by atoms with Crippen LogP contribution in [0.15, 0.2) is 53.3 Å². The third-order valence-electron chi connectivity index (χ3n) is 7.44. The first-order chi connectivity index (χ1) is 17.2. The topological polar surface area (TPSA) is 122 Å². The average molecular weight is 489 g/mol. The summed E-state index contributed by atoms with van der Waals surface area (Å²) >= 11 is 0. The van der Waals surface area contributed by atoms with Gasteiger partial charge in [-0.15, -0.1) is 0 Å². The van der Waals surface area contributed by atoms with Crippen molar-refractivity contribution >= 4 is 34.3 Å². The molecule has 10 heteroatoms. The number of esters is 1. The van der Waals surface area contributed by atoms with E-state index in [9.17, 15) is 24.4 Å². The molecule has 1 amide bonds. The van der Waals surface area contributed by atoms with Crippen LogP contribution in [0.25, 0.3) is 10.9 Å². The molecule has 0 unspecified atom stereocenters. The summed E-state index contributed by atoms with van der Waals surface area (Å²) in [7, 11) is 0. The number of ether oxygens (including phenoxy) is 1. The molecule has 4 heterocycles. The van der Waals surface area contributed by atoms with Gasteiger partial charge in [-0.1, -0.05) is 44.2 Å². The summed E-state index contributed by atoms with van der Waals surface area (Å²) in [5.41, 5.74) is -0.506. The maximum Gasteiger partial charge on any atom is 0.330 e. The van der Waals surface area contributed by atoms with Crippen molar-refractivity contribution in [3.63, 3.8) is 0 Å². The summed E-state index contributed by atoms with van der Waals surface area (Å²) in [4.78, 5) is 59.3. The Balaban J connectivity index is 1.56. The lowest BCUT2D eigenvalue weighted by molar-refractivity contribution is -0.190. The molecular weight excluding hydrogens is 464 g/mol. The van der Waals surface area contributed by atoms with Gasteiger partial charge in [0.1, 0.15) is 12.1 Å². The van der Waals surface area contributed by atoms with Crippen LogP contribution in [-0.2, 0) is 19.9 Å². The largest absolute Gasteiger partial charge is 0.449 e. The predicted octanol–water partition coefficient (Wildman–Crippen LogP) is 2.38. The zero-order valence-corrected chi connectivity index (χ0v) is 19.9. The van der Waals surface area contributed by atoms with Crippen LogP contribution in [0.2, 0.25) is 0 Å². The maximum atomic E-state index is 13.7. The van der Waals surface area contributed by atoms with Crippen LogP contribution in [0.5, 0.6) is 0 Å². The molecule has 4 atom stereocenters. The second-order valence-corrected chi connectivity index (χ2v) is 9.83. The van der Waals surface area contributed by atoms with E-state index in [0.717, 1.165) is 9.63 Å². The molecule has 3 aliphatic heterocycles. The third-order valence-corrected chi connectivity index (χ3v) is 7.44. The van der Waals surface area contributed by atoms with Gasteiger partial charge in [-0.2, -0.15) is 5.06 Å². The number of Topliss-reactive ketones (excluding diaryl/α,β-unsaturated/α-hetero) is 1.